The van der Waals surface area contributed by atoms with Gasteiger partial charge < -0.3 is 15.9 Å². The Labute approximate surface area is 72.4 Å². The molecule has 12 heavy (non-hydrogen) atoms. The van der Waals surface area contributed by atoms with Crippen LogP contribution in [0, 0.1) is 5.92 Å². The van der Waals surface area contributed by atoms with Crippen LogP contribution in [-0.4, -0.2) is 28.8 Å². The summed E-state index contributed by atoms with van der Waals surface area (Å²) in [7, 11) is 0. The minimum Gasteiger partial charge on any atom is -0.481 e. The van der Waals surface area contributed by atoms with Crippen molar-refractivity contribution in [2.75, 3.05) is 6.54 Å². The number of nitrogens with two attached hydrogens (primary N) is 1. The maximum atomic E-state index is 10.6. The third-order valence-electron chi connectivity index (χ3n) is 1.89. The number of hydrogen-bond donors (Lipinski definition) is 3. The van der Waals surface area contributed by atoms with Gasteiger partial charge in [-0.3, -0.25) is 4.79 Å². The predicted molar refractivity (Wildman–Crippen MR) is 45.7 cm³/mol. The van der Waals surface area contributed by atoms with Gasteiger partial charge in [-0.25, -0.2) is 0 Å². The topological polar surface area (TPSA) is 83.5 Å². The SMILES string of the molecule is CCC(O)CC(CCN)C(=O)O. The molecule has 4 nitrogen and oxygen atoms in total. The molecule has 0 saturated heterocycles. The zero-order valence-corrected chi connectivity index (χ0v) is 7.36. The Morgan fingerprint density at radius 3 is 2.50 bits per heavy atom. The summed E-state index contributed by atoms with van der Waals surface area (Å²) in [4.78, 5) is 10.6. The van der Waals surface area contributed by atoms with Gasteiger partial charge in [-0.1, -0.05) is 6.92 Å². The molecule has 4 heteroatoms. The first-order valence-electron chi connectivity index (χ1n) is 4.22. The van der Waals surface area contributed by atoms with Crippen molar-refractivity contribution in [2.45, 2.75) is 32.3 Å². The normalized spacial score (nSPS) is 15.6. The van der Waals surface area contributed by atoms with Gasteiger partial charge in [-0.05, 0) is 25.8 Å². The van der Waals surface area contributed by atoms with Crippen LogP contribution in [-0.2, 0) is 4.79 Å². The fraction of sp³-hybridized carbons (Fsp3) is 0.875. The van der Waals surface area contributed by atoms with Crippen LogP contribution in [0.1, 0.15) is 26.2 Å². The van der Waals surface area contributed by atoms with Gasteiger partial charge in [0.15, 0.2) is 0 Å². The highest BCUT2D eigenvalue weighted by atomic mass is 16.4. The van der Waals surface area contributed by atoms with Crippen LogP contribution in [0.2, 0.25) is 0 Å². The smallest absolute Gasteiger partial charge is 0.306 e. The molecule has 0 aromatic carbocycles. The number of carboxylic acids is 1. The van der Waals surface area contributed by atoms with Crippen LogP contribution < -0.4 is 5.73 Å². The molecule has 0 saturated carbocycles. The van der Waals surface area contributed by atoms with Gasteiger partial charge in [0, 0.05) is 0 Å². The molecule has 0 radical (unpaired) electrons. The van der Waals surface area contributed by atoms with Crippen LogP contribution in [0.5, 0.6) is 0 Å². The molecular formula is C8H17NO3. The lowest BCUT2D eigenvalue weighted by atomic mass is 9.97. The molecule has 72 valence electrons. The maximum absolute atomic E-state index is 10.6. The number of aliphatic hydroxyl groups excluding tert-OH is 1. The van der Waals surface area contributed by atoms with E-state index in [1.165, 1.54) is 0 Å². The standard InChI is InChI=1S/C8H17NO3/c1-2-7(10)5-6(3-4-9)8(11)12/h6-7,10H,2-5,9H2,1H3,(H,11,12). The average Bonchev–Trinajstić information content (AvgIpc) is 2.03. The summed E-state index contributed by atoms with van der Waals surface area (Å²) >= 11 is 0. The number of carbonyl (C=O) groups is 1. The fourth-order valence-corrected chi connectivity index (χ4v) is 1.04. The molecule has 0 aliphatic heterocycles. The second-order valence-corrected chi connectivity index (χ2v) is 2.91. The van der Waals surface area contributed by atoms with Crippen molar-refractivity contribution in [3.05, 3.63) is 0 Å². The number of rotatable bonds is 6. The molecule has 0 aromatic heterocycles. The molecule has 0 aliphatic carbocycles. The summed E-state index contributed by atoms with van der Waals surface area (Å²) in [5.74, 6) is -1.36. The van der Waals surface area contributed by atoms with Gasteiger partial charge in [0.05, 0.1) is 12.0 Å². The van der Waals surface area contributed by atoms with Gasteiger partial charge >= 0.3 is 5.97 Å². The zero-order valence-electron chi connectivity index (χ0n) is 7.36. The molecule has 0 aliphatic rings. The number of carboxylic acid groups (broad SMARTS) is 1. The van der Waals surface area contributed by atoms with E-state index in [-0.39, 0.29) is 0 Å². The van der Waals surface area contributed by atoms with E-state index in [1.807, 2.05) is 6.92 Å². The third kappa shape index (κ3) is 4.31. The molecule has 2 atom stereocenters. The summed E-state index contributed by atoms with van der Waals surface area (Å²) in [6, 6.07) is 0. The quantitative estimate of drug-likeness (QED) is 0.538. The summed E-state index contributed by atoms with van der Waals surface area (Å²) in [6.45, 7) is 2.18. The highest BCUT2D eigenvalue weighted by Gasteiger charge is 2.19. The average molecular weight is 175 g/mol. The van der Waals surface area contributed by atoms with Crippen LogP contribution in [0.4, 0.5) is 0 Å². The van der Waals surface area contributed by atoms with E-state index in [4.69, 9.17) is 10.8 Å². The molecule has 0 heterocycles. The first-order valence-corrected chi connectivity index (χ1v) is 4.22. The monoisotopic (exact) mass is 175 g/mol. The summed E-state index contributed by atoms with van der Waals surface area (Å²) in [5, 5.41) is 17.9. The van der Waals surface area contributed by atoms with Crippen molar-refractivity contribution in [3.63, 3.8) is 0 Å². The second kappa shape index (κ2) is 5.97. The molecule has 0 fully saturated rings. The second-order valence-electron chi connectivity index (χ2n) is 2.91. The largest absolute Gasteiger partial charge is 0.481 e. The molecule has 0 aromatic rings. The van der Waals surface area contributed by atoms with Crippen LogP contribution in [0.3, 0.4) is 0 Å². The van der Waals surface area contributed by atoms with E-state index in [0.29, 0.717) is 25.8 Å². The minimum absolute atomic E-state index is 0.309. The van der Waals surface area contributed by atoms with Crippen molar-refractivity contribution in [3.8, 4) is 0 Å². The predicted octanol–water partition coefficient (Wildman–Crippen LogP) is 0.197. The molecule has 0 amide bonds. The van der Waals surface area contributed by atoms with E-state index in [0.717, 1.165) is 0 Å². The molecule has 2 unspecified atom stereocenters. The zero-order chi connectivity index (χ0) is 9.56. The van der Waals surface area contributed by atoms with E-state index >= 15 is 0 Å². The molecule has 0 rings (SSSR count). The van der Waals surface area contributed by atoms with Crippen molar-refractivity contribution < 1.29 is 15.0 Å². The Hall–Kier alpha value is -0.610. The van der Waals surface area contributed by atoms with E-state index in [1.54, 1.807) is 0 Å². The van der Waals surface area contributed by atoms with Gasteiger partial charge in [-0.15, -0.1) is 0 Å². The van der Waals surface area contributed by atoms with Crippen molar-refractivity contribution in [1.82, 2.24) is 0 Å². The Kier molecular flexibility index (Phi) is 5.66. The van der Waals surface area contributed by atoms with Crippen LogP contribution in [0.25, 0.3) is 0 Å². The van der Waals surface area contributed by atoms with Gasteiger partial charge in [0.1, 0.15) is 0 Å². The fourth-order valence-electron chi connectivity index (χ4n) is 1.04. The van der Waals surface area contributed by atoms with Gasteiger partial charge in [-0.2, -0.15) is 0 Å². The highest BCUT2D eigenvalue weighted by molar-refractivity contribution is 5.69. The highest BCUT2D eigenvalue weighted by Crippen LogP contribution is 2.12. The van der Waals surface area contributed by atoms with Crippen molar-refractivity contribution in [2.24, 2.45) is 11.7 Å². The first kappa shape index (κ1) is 11.4. The number of aliphatic carboxylic acids is 1. The van der Waals surface area contributed by atoms with E-state index in [2.05, 4.69) is 0 Å². The third-order valence-corrected chi connectivity index (χ3v) is 1.89. The first-order chi connectivity index (χ1) is 5.61. The Morgan fingerprint density at radius 2 is 2.17 bits per heavy atom. The number of aliphatic hydroxyl groups is 1. The van der Waals surface area contributed by atoms with E-state index in [9.17, 15) is 9.90 Å². The van der Waals surface area contributed by atoms with Crippen LogP contribution in [0.15, 0.2) is 0 Å². The molecular weight excluding hydrogens is 158 g/mol. The van der Waals surface area contributed by atoms with E-state index < -0.39 is 18.0 Å². The number of hydrogen-bond acceptors (Lipinski definition) is 3. The minimum atomic E-state index is -0.868. The van der Waals surface area contributed by atoms with Crippen molar-refractivity contribution >= 4 is 5.97 Å². The van der Waals surface area contributed by atoms with Gasteiger partial charge in [0.2, 0.25) is 0 Å². The molecule has 0 spiro atoms. The lowest BCUT2D eigenvalue weighted by Crippen LogP contribution is -2.23. The Balaban J connectivity index is 3.86. The van der Waals surface area contributed by atoms with Gasteiger partial charge in [0.25, 0.3) is 0 Å². The van der Waals surface area contributed by atoms with Crippen LogP contribution >= 0.6 is 0 Å². The lowest BCUT2D eigenvalue weighted by molar-refractivity contribution is -0.143. The molecule has 0 bridgehead atoms. The molecule has 4 N–H and O–H groups in total. The Morgan fingerprint density at radius 1 is 1.58 bits per heavy atom. The lowest BCUT2D eigenvalue weighted by Gasteiger charge is -2.14. The summed E-state index contributed by atoms with van der Waals surface area (Å²) in [6.07, 6.45) is 0.821. The summed E-state index contributed by atoms with van der Waals surface area (Å²) < 4.78 is 0. The van der Waals surface area contributed by atoms with Crippen molar-refractivity contribution in [1.29, 1.82) is 0 Å². The summed E-state index contributed by atoms with van der Waals surface area (Å²) in [5.41, 5.74) is 5.24. The Bertz CT molecular complexity index is 138. The maximum Gasteiger partial charge on any atom is 0.306 e.